The number of anilines is 1. The van der Waals surface area contributed by atoms with Crippen LogP contribution in [0.25, 0.3) is 0 Å². The Morgan fingerprint density at radius 1 is 1.17 bits per heavy atom. The molecule has 1 aromatic rings. The molecule has 0 spiro atoms. The maximum atomic E-state index is 12.6. The molecule has 1 amide bonds. The molecule has 2 rings (SSSR count). The lowest BCUT2D eigenvalue weighted by Gasteiger charge is -2.37. The molecule has 1 aliphatic heterocycles. The quantitative estimate of drug-likeness (QED) is 0.566. The van der Waals surface area contributed by atoms with Gasteiger partial charge in [0.1, 0.15) is 0 Å². The molecule has 1 aliphatic rings. The lowest BCUT2D eigenvalue weighted by molar-refractivity contribution is -0.384. The minimum absolute atomic E-state index is 0.106. The third-order valence-corrected chi connectivity index (χ3v) is 4.77. The molecule has 6 nitrogen and oxygen atoms in total. The van der Waals surface area contributed by atoms with Crippen LogP contribution >= 0.6 is 0 Å². The third-order valence-electron chi connectivity index (χ3n) is 4.77. The Bertz CT molecular complexity index is 551. The number of non-ortho nitro benzene ring substituents is 1. The van der Waals surface area contributed by atoms with Crippen molar-refractivity contribution in [1.29, 1.82) is 0 Å². The van der Waals surface area contributed by atoms with Crippen molar-refractivity contribution < 1.29 is 9.72 Å². The van der Waals surface area contributed by atoms with E-state index in [1.165, 1.54) is 12.1 Å². The maximum absolute atomic E-state index is 12.6. The zero-order chi connectivity index (χ0) is 17.5. The van der Waals surface area contributed by atoms with Gasteiger partial charge in [0.2, 0.25) is 5.91 Å². The second-order valence-electron chi connectivity index (χ2n) is 6.33. The Hall–Kier alpha value is -2.11. The van der Waals surface area contributed by atoms with Gasteiger partial charge in [0.25, 0.3) is 5.69 Å². The number of hydrogen-bond acceptors (Lipinski definition) is 4. The van der Waals surface area contributed by atoms with E-state index in [1.54, 1.807) is 12.1 Å². The van der Waals surface area contributed by atoms with Crippen LogP contribution in [-0.2, 0) is 4.79 Å². The van der Waals surface area contributed by atoms with Crippen LogP contribution in [-0.4, -0.2) is 41.9 Å². The fourth-order valence-corrected chi connectivity index (χ4v) is 3.18. The molecule has 0 saturated carbocycles. The summed E-state index contributed by atoms with van der Waals surface area (Å²) in [6.07, 6.45) is 4.11. The number of nitrogens with zero attached hydrogens (tertiary/aromatic N) is 3. The Balaban J connectivity index is 1.90. The van der Waals surface area contributed by atoms with Crippen molar-refractivity contribution in [2.75, 3.05) is 31.1 Å². The van der Waals surface area contributed by atoms with Gasteiger partial charge in [0.05, 0.1) is 4.92 Å². The van der Waals surface area contributed by atoms with Gasteiger partial charge in [0.15, 0.2) is 0 Å². The topological polar surface area (TPSA) is 66.7 Å². The number of carbonyl (C=O) groups is 1. The predicted octanol–water partition coefficient (Wildman–Crippen LogP) is 3.46. The van der Waals surface area contributed by atoms with Crippen molar-refractivity contribution in [1.82, 2.24) is 4.90 Å². The number of piperazine rings is 1. The van der Waals surface area contributed by atoms with E-state index in [1.807, 2.05) is 4.90 Å². The van der Waals surface area contributed by atoms with Gasteiger partial charge in [-0.3, -0.25) is 14.9 Å². The van der Waals surface area contributed by atoms with Gasteiger partial charge in [-0.1, -0.05) is 26.7 Å². The molecule has 1 aromatic carbocycles. The number of unbranched alkanes of at least 4 members (excludes halogenated alkanes) is 1. The predicted molar refractivity (Wildman–Crippen MR) is 95.2 cm³/mol. The van der Waals surface area contributed by atoms with Crippen LogP contribution in [0.15, 0.2) is 24.3 Å². The minimum Gasteiger partial charge on any atom is -0.368 e. The van der Waals surface area contributed by atoms with E-state index >= 15 is 0 Å². The summed E-state index contributed by atoms with van der Waals surface area (Å²) < 4.78 is 0. The molecule has 1 fully saturated rings. The molecule has 1 atom stereocenters. The first kappa shape index (κ1) is 18.2. The molecule has 1 saturated heterocycles. The van der Waals surface area contributed by atoms with Gasteiger partial charge in [-0.05, 0) is 25.0 Å². The summed E-state index contributed by atoms with van der Waals surface area (Å²) in [7, 11) is 0. The Kier molecular flexibility index (Phi) is 6.58. The standard InChI is InChI=1S/C18H27N3O3/c1-3-5-6-15(4-2)18(22)20-13-11-19(12-14-20)16-7-9-17(10-8-16)21(23)24/h7-10,15H,3-6,11-14H2,1-2H3/t15-/m0/s1. The molecule has 0 N–H and O–H groups in total. The van der Waals surface area contributed by atoms with E-state index in [4.69, 9.17) is 0 Å². The number of benzene rings is 1. The molecule has 24 heavy (non-hydrogen) atoms. The van der Waals surface area contributed by atoms with E-state index in [-0.39, 0.29) is 22.4 Å². The molecular formula is C18H27N3O3. The Morgan fingerprint density at radius 3 is 2.29 bits per heavy atom. The maximum Gasteiger partial charge on any atom is 0.269 e. The van der Waals surface area contributed by atoms with Crippen molar-refractivity contribution in [3.63, 3.8) is 0 Å². The second-order valence-corrected chi connectivity index (χ2v) is 6.33. The monoisotopic (exact) mass is 333 g/mol. The average molecular weight is 333 g/mol. The van der Waals surface area contributed by atoms with Crippen molar-refractivity contribution in [2.45, 2.75) is 39.5 Å². The van der Waals surface area contributed by atoms with E-state index in [2.05, 4.69) is 18.7 Å². The average Bonchev–Trinajstić information content (AvgIpc) is 2.62. The van der Waals surface area contributed by atoms with Crippen LogP contribution in [0.5, 0.6) is 0 Å². The fourth-order valence-electron chi connectivity index (χ4n) is 3.18. The summed E-state index contributed by atoms with van der Waals surface area (Å²) in [6.45, 7) is 7.23. The van der Waals surface area contributed by atoms with Crippen molar-refractivity contribution in [3.05, 3.63) is 34.4 Å². The molecule has 0 radical (unpaired) electrons. The molecular weight excluding hydrogens is 306 g/mol. The molecule has 132 valence electrons. The Labute approximate surface area is 143 Å². The zero-order valence-corrected chi connectivity index (χ0v) is 14.6. The molecule has 1 heterocycles. The van der Waals surface area contributed by atoms with Gasteiger partial charge in [-0.25, -0.2) is 0 Å². The highest BCUT2D eigenvalue weighted by molar-refractivity contribution is 5.79. The van der Waals surface area contributed by atoms with Crippen LogP contribution in [0, 0.1) is 16.0 Å². The smallest absolute Gasteiger partial charge is 0.269 e. The van der Waals surface area contributed by atoms with Crippen LogP contribution in [0.2, 0.25) is 0 Å². The third kappa shape index (κ3) is 4.46. The van der Waals surface area contributed by atoms with Gasteiger partial charge < -0.3 is 9.80 Å². The molecule has 6 heteroatoms. The summed E-state index contributed by atoms with van der Waals surface area (Å²) in [5.41, 5.74) is 1.08. The van der Waals surface area contributed by atoms with Crippen molar-refractivity contribution in [3.8, 4) is 0 Å². The molecule has 0 bridgehead atoms. The van der Waals surface area contributed by atoms with Crippen molar-refractivity contribution >= 4 is 17.3 Å². The lowest BCUT2D eigenvalue weighted by Crippen LogP contribution is -2.50. The second kappa shape index (κ2) is 8.66. The highest BCUT2D eigenvalue weighted by Crippen LogP contribution is 2.22. The number of rotatable bonds is 7. The first-order valence-corrected chi connectivity index (χ1v) is 8.85. The van der Waals surface area contributed by atoms with Gasteiger partial charge in [0, 0.05) is 49.9 Å². The fraction of sp³-hybridized carbons (Fsp3) is 0.611. The molecule has 0 unspecified atom stereocenters. The normalized spacial score (nSPS) is 16.1. The van der Waals surface area contributed by atoms with Crippen LogP contribution < -0.4 is 4.90 Å². The number of nitro benzene ring substituents is 1. The van der Waals surface area contributed by atoms with E-state index in [0.29, 0.717) is 0 Å². The first-order chi connectivity index (χ1) is 11.6. The van der Waals surface area contributed by atoms with E-state index in [0.717, 1.165) is 57.5 Å². The summed E-state index contributed by atoms with van der Waals surface area (Å²) >= 11 is 0. The van der Waals surface area contributed by atoms with Crippen LogP contribution in [0.3, 0.4) is 0 Å². The minimum atomic E-state index is -0.387. The largest absolute Gasteiger partial charge is 0.368 e. The van der Waals surface area contributed by atoms with Gasteiger partial charge >= 0.3 is 0 Å². The Morgan fingerprint density at radius 2 is 1.79 bits per heavy atom. The first-order valence-electron chi connectivity index (χ1n) is 8.85. The summed E-state index contributed by atoms with van der Waals surface area (Å²) in [4.78, 5) is 27.1. The number of nitro groups is 1. The van der Waals surface area contributed by atoms with Gasteiger partial charge in [-0.15, -0.1) is 0 Å². The zero-order valence-electron chi connectivity index (χ0n) is 14.6. The summed E-state index contributed by atoms with van der Waals surface area (Å²) in [5.74, 6) is 0.435. The van der Waals surface area contributed by atoms with Crippen LogP contribution in [0.4, 0.5) is 11.4 Å². The van der Waals surface area contributed by atoms with Crippen LogP contribution in [0.1, 0.15) is 39.5 Å². The van der Waals surface area contributed by atoms with E-state index < -0.39 is 0 Å². The highest BCUT2D eigenvalue weighted by Gasteiger charge is 2.26. The summed E-state index contributed by atoms with van der Waals surface area (Å²) in [5, 5.41) is 10.7. The number of hydrogen-bond donors (Lipinski definition) is 0. The molecule has 0 aromatic heterocycles. The SMILES string of the molecule is CCCC[C@H](CC)C(=O)N1CCN(c2ccc([N+](=O)[O-])cc2)CC1. The number of carbonyl (C=O) groups excluding carboxylic acids is 1. The van der Waals surface area contributed by atoms with Gasteiger partial charge in [-0.2, -0.15) is 0 Å². The summed E-state index contributed by atoms with van der Waals surface area (Å²) in [6, 6.07) is 6.63. The van der Waals surface area contributed by atoms with Crippen molar-refractivity contribution in [2.24, 2.45) is 5.92 Å². The van der Waals surface area contributed by atoms with E-state index in [9.17, 15) is 14.9 Å². The number of amides is 1. The highest BCUT2D eigenvalue weighted by atomic mass is 16.6. The lowest BCUT2D eigenvalue weighted by atomic mass is 9.97. The molecule has 0 aliphatic carbocycles.